The van der Waals surface area contributed by atoms with Gasteiger partial charge in [-0.25, -0.2) is 0 Å². The molecule has 152 valence electrons. The maximum atomic E-state index is 10.9. The molecule has 1 aliphatic heterocycles. The summed E-state index contributed by atoms with van der Waals surface area (Å²) in [4.78, 5) is 0. The Bertz CT molecular complexity index is 684. The van der Waals surface area contributed by atoms with Gasteiger partial charge in [-0.15, -0.1) is 11.8 Å². The predicted molar refractivity (Wildman–Crippen MR) is 110 cm³/mol. The molecule has 5 nitrogen and oxygen atoms in total. The van der Waals surface area contributed by atoms with Gasteiger partial charge in [-0.2, -0.15) is 0 Å². The summed E-state index contributed by atoms with van der Waals surface area (Å²) in [5.41, 5.74) is 1.57. The minimum absolute atomic E-state index is 0.196. The number of benzene rings is 2. The van der Waals surface area contributed by atoms with Crippen molar-refractivity contribution in [3.8, 4) is 0 Å². The van der Waals surface area contributed by atoms with Gasteiger partial charge in [-0.05, 0) is 16.9 Å². The molecule has 3 rings (SSSR count). The van der Waals surface area contributed by atoms with Gasteiger partial charge in [0, 0.05) is 0 Å². The van der Waals surface area contributed by atoms with Crippen LogP contribution in [0.15, 0.2) is 60.7 Å². The third-order valence-electron chi connectivity index (χ3n) is 4.70. The van der Waals surface area contributed by atoms with Gasteiger partial charge < -0.3 is 24.4 Å². The number of ether oxygens (including phenoxy) is 3. The van der Waals surface area contributed by atoms with E-state index in [9.17, 15) is 10.2 Å². The summed E-state index contributed by atoms with van der Waals surface area (Å²) in [6.07, 6.45) is -2.58. The Labute approximate surface area is 170 Å². The molecule has 2 N–H and O–H groups in total. The molecule has 0 radical (unpaired) electrons. The average Bonchev–Trinajstić information content (AvgIpc) is 2.74. The van der Waals surface area contributed by atoms with Gasteiger partial charge >= 0.3 is 0 Å². The molecule has 1 aliphatic rings. The lowest BCUT2D eigenvalue weighted by Crippen LogP contribution is -2.59. The van der Waals surface area contributed by atoms with E-state index in [-0.39, 0.29) is 6.61 Å². The lowest BCUT2D eigenvalue weighted by molar-refractivity contribution is -0.239. The molecule has 0 unspecified atom stereocenters. The average molecular weight is 405 g/mol. The molecule has 2 aromatic carbocycles. The van der Waals surface area contributed by atoms with Gasteiger partial charge in [0.2, 0.25) is 0 Å². The molecule has 0 aliphatic carbocycles. The number of hydrogen-bond acceptors (Lipinski definition) is 6. The first-order valence-corrected chi connectivity index (χ1v) is 10.6. The maximum absolute atomic E-state index is 10.9. The number of aliphatic hydroxyl groups excluding tert-OH is 2. The molecule has 28 heavy (non-hydrogen) atoms. The number of hydrogen-bond donors (Lipinski definition) is 2. The molecule has 5 atom stereocenters. The van der Waals surface area contributed by atoms with Gasteiger partial charge in [0.1, 0.15) is 29.9 Å². The maximum Gasteiger partial charge on any atom is 0.132 e. The van der Waals surface area contributed by atoms with Crippen molar-refractivity contribution in [2.75, 3.05) is 12.4 Å². The van der Waals surface area contributed by atoms with E-state index in [1.54, 1.807) is 0 Å². The van der Waals surface area contributed by atoms with Crippen molar-refractivity contribution in [1.29, 1.82) is 0 Å². The molecule has 0 saturated carbocycles. The molecule has 0 bridgehead atoms. The summed E-state index contributed by atoms with van der Waals surface area (Å²) in [5, 5.41) is 20.8. The fourth-order valence-electron chi connectivity index (χ4n) is 3.27. The van der Waals surface area contributed by atoms with Crippen LogP contribution in [0.25, 0.3) is 0 Å². The molecule has 1 fully saturated rings. The summed E-state index contributed by atoms with van der Waals surface area (Å²) < 4.78 is 18.1. The van der Waals surface area contributed by atoms with E-state index in [1.807, 2.05) is 67.6 Å². The zero-order chi connectivity index (χ0) is 19.8. The van der Waals surface area contributed by atoms with Crippen molar-refractivity contribution in [2.24, 2.45) is 0 Å². The van der Waals surface area contributed by atoms with Crippen LogP contribution < -0.4 is 0 Å². The Morgan fingerprint density at radius 3 is 1.93 bits per heavy atom. The summed E-state index contributed by atoms with van der Waals surface area (Å²) in [6, 6.07) is 19.6. The quantitative estimate of drug-likeness (QED) is 0.670. The van der Waals surface area contributed by atoms with Gasteiger partial charge in [-0.1, -0.05) is 67.6 Å². The van der Waals surface area contributed by atoms with E-state index in [0.29, 0.717) is 13.2 Å². The number of rotatable bonds is 9. The lowest BCUT2D eigenvalue weighted by Gasteiger charge is -2.43. The Morgan fingerprint density at radius 1 is 0.893 bits per heavy atom. The molecular weight excluding hydrogens is 376 g/mol. The van der Waals surface area contributed by atoms with Crippen LogP contribution in [0.2, 0.25) is 0 Å². The first-order valence-electron chi connectivity index (χ1n) is 9.60. The van der Waals surface area contributed by atoms with Gasteiger partial charge in [0.05, 0.1) is 19.8 Å². The van der Waals surface area contributed by atoms with Crippen LogP contribution in [0.4, 0.5) is 0 Å². The first kappa shape index (κ1) is 21.3. The molecule has 0 amide bonds. The van der Waals surface area contributed by atoms with Gasteiger partial charge in [-0.3, -0.25) is 0 Å². The highest BCUT2D eigenvalue weighted by atomic mass is 32.2. The molecule has 6 heteroatoms. The smallest absolute Gasteiger partial charge is 0.132 e. The highest BCUT2D eigenvalue weighted by molar-refractivity contribution is 7.99. The van der Waals surface area contributed by atoms with Gasteiger partial charge in [0.15, 0.2) is 0 Å². The predicted octanol–water partition coefficient (Wildman–Crippen LogP) is 2.99. The van der Waals surface area contributed by atoms with Crippen molar-refractivity contribution in [1.82, 2.24) is 0 Å². The highest BCUT2D eigenvalue weighted by Crippen LogP contribution is 2.32. The van der Waals surface area contributed by atoms with Crippen LogP contribution in [-0.2, 0) is 27.4 Å². The third kappa shape index (κ3) is 5.56. The van der Waals surface area contributed by atoms with E-state index in [4.69, 9.17) is 14.2 Å². The fourth-order valence-corrected chi connectivity index (χ4v) is 4.17. The zero-order valence-corrected chi connectivity index (χ0v) is 16.8. The Hall–Kier alpha value is -1.41. The van der Waals surface area contributed by atoms with Crippen LogP contribution in [0.1, 0.15) is 18.1 Å². The highest BCUT2D eigenvalue weighted by Gasteiger charge is 2.46. The van der Waals surface area contributed by atoms with E-state index in [0.717, 1.165) is 16.9 Å². The minimum atomic E-state index is -0.850. The summed E-state index contributed by atoms with van der Waals surface area (Å²) in [7, 11) is 0. The standard InChI is InChI=1S/C22H28O5S/c1-2-28-22-19(24)21(26-15-17-11-7-4-8-12-17)20(18(13-23)27-22)25-14-16-9-5-3-6-10-16/h3-12,18-24H,2,13-15H2,1H3/t18-,19+,20-,21-,22-/m1/s1. The molecule has 1 saturated heterocycles. The van der Waals surface area contributed by atoms with Crippen molar-refractivity contribution >= 4 is 11.8 Å². The van der Waals surface area contributed by atoms with Crippen LogP contribution >= 0.6 is 11.8 Å². The summed E-state index contributed by atoms with van der Waals surface area (Å²) >= 11 is 1.50. The van der Waals surface area contributed by atoms with E-state index in [1.165, 1.54) is 11.8 Å². The van der Waals surface area contributed by atoms with Crippen LogP contribution in [0.3, 0.4) is 0 Å². The monoisotopic (exact) mass is 404 g/mol. The molecule has 0 spiro atoms. The second-order valence-electron chi connectivity index (χ2n) is 6.69. The second kappa shape index (κ2) is 11.0. The third-order valence-corrected chi connectivity index (χ3v) is 5.75. The number of thioether (sulfide) groups is 1. The lowest BCUT2D eigenvalue weighted by atomic mass is 9.99. The summed E-state index contributed by atoms with van der Waals surface area (Å²) in [6.45, 7) is 2.52. The Morgan fingerprint density at radius 2 is 1.43 bits per heavy atom. The first-order chi connectivity index (χ1) is 13.7. The van der Waals surface area contributed by atoms with Gasteiger partial charge in [0.25, 0.3) is 0 Å². The minimum Gasteiger partial charge on any atom is -0.394 e. The van der Waals surface area contributed by atoms with Crippen LogP contribution in [-0.4, -0.2) is 52.4 Å². The topological polar surface area (TPSA) is 68.2 Å². The molecule has 0 aromatic heterocycles. The van der Waals surface area contributed by atoms with Crippen LogP contribution in [0.5, 0.6) is 0 Å². The second-order valence-corrected chi connectivity index (χ2v) is 8.07. The molecule has 1 heterocycles. The SMILES string of the molecule is CCS[C@H]1O[C@H](CO)[C@@H](OCc2ccccc2)[C@H](OCc2ccccc2)[C@@H]1O. The Kier molecular flexibility index (Phi) is 8.33. The van der Waals surface area contributed by atoms with Crippen molar-refractivity contribution in [3.63, 3.8) is 0 Å². The normalized spacial score (nSPS) is 27.6. The molecular formula is C22H28O5S. The molecule has 2 aromatic rings. The fraction of sp³-hybridized carbons (Fsp3) is 0.455. The zero-order valence-electron chi connectivity index (χ0n) is 16.0. The van der Waals surface area contributed by atoms with Crippen molar-refractivity contribution in [2.45, 2.75) is 50.0 Å². The van der Waals surface area contributed by atoms with Crippen LogP contribution in [0, 0.1) is 0 Å². The number of aliphatic hydroxyl groups is 2. The summed E-state index contributed by atoms with van der Waals surface area (Å²) in [5.74, 6) is 0.792. The van der Waals surface area contributed by atoms with E-state index in [2.05, 4.69) is 0 Å². The Balaban J connectivity index is 1.74. The van der Waals surface area contributed by atoms with Crippen molar-refractivity contribution < 1.29 is 24.4 Å². The van der Waals surface area contributed by atoms with E-state index < -0.39 is 29.9 Å². The van der Waals surface area contributed by atoms with Crippen molar-refractivity contribution in [3.05, 3.63) is 71.8 Å². The van der Waals surface area contributed by atoms with E-state index >= 15 is 0 Å². The largest absolute Gasteiger partial charge is 0.394 e.